The molecule has 0 aromatic heterocycles. The van der Waals surface area contributed by atoms with Crippen LogP contribution in [0, 0.1) is 16.0 Å². The van der Waals surface area contributed by atoms with Crippen molar-refractivity contribution in [3.05, 3.63) is 28.3 Å². The molecule has 6 heteroatoms. The van der Waals surface area contributed by atoms with Crippen molar-refractivity contribution in [1.29, 1.82) is 0 Å². The van der Waals surface area contributed by atoms with Gasteiger partial charge >= 0.3 is 0 Å². The number of nitro groups is 1. The maximum Gasteiger partial charge on any atom is 0.273 e. The summed E-state index contributed by atoms with van der Waals surface area (Å²) < 4.78 is 0. The first kappa shape index (κ1) is 14.6. The molecule has 0 aliphatic heterocycles. The van der Waals surface area contributed by atoms with Gasteiger partial charge in [-0.3, -0.25) is 10.1 Å². The van der Waals surface area contributed by atoms with E-state index in [2.05, 4.69) is 10.6 Å². The van der Waals surface area contributed by atoms with E-state index >= 15 is 0 Å². The van der Waals surface area contributed by atoms with E-state index in [1.165, 1.54) is 0 Å². The maximum absolute atomic E-state index is 10.9. The van der Waals surface area contributed by atoms with Crippen molar-refractivity contribution in [3.63, 3.8) is 0 Å². The maximum atomic E-state index is 10.9. The Hall–Kier alpha value is -1.82. The number of hydrogen-bond acceptors (Lipinski definition) is 5. The van der Waals surface area contributed by atoms with Gasteiger partial charge in [-0.1, -0.05) is 6.92 Å². The molecule has 0 heterocycles. The van der Waals surface area contributed by atoms with E-state index in [0.717, 1.165) is 43.7 Å². The number of anilines is 2. The molecular formula is C14H21N3O3. The zero-order valence-electron chi connectivity index (χ0n) is 11.6. The van der Waals surface area contributed by atoms with E-state index in [4.69, 9.17) is 0 Å². The van der Waals surface area contributed by atoms with Gasteiger partial charge in [0.05, 0.1) is 11.0 Å². The Labute approximate surface area is 118 Å². The molecule has 1 aliphatic carbocycles. The topological polar surface area (TPSA) is 87.4 Å². The average molecular weight is 279 g/mol. The minimum atomic E-state index is -0.380. The van der Waals surface area contributed by atoms with Crippen LogP contribution in [0.2, 0.25) is 0 Å². The zero-order chi connectivity index (χ0) is 14.5. The second-order valence-corrected chi connectivity index (χ2v) is 5.32. The van der Waals surface area contributed by atoms with E-state index < -0.39 is 0 Å². The van der Waals surface area contributed by atoms with Crippen LogP contribution in [0.25, 0.3) is 0 Å². The molecule has 1 aromatic carbocycles. The summed E-state index contributed by atoms with van der Waals surface area (Å²) in [5, 5.41) is 26.6. The molecule has 1 aliphatic rings. The van der Waals surface area contributed by atoms with Gasteiger partial charge in [-0.25, -0.2) is 0 Å². The van der Waals surface area contributed by atoms with Crippen LogP contribution in [0.15, 0.2) is 18.2 Å². The number of benzene rings is 1. The average Bonchev–Trinajstić information content (AvgIpc) is 2.39. The molecular weight excluding hydrogens is 258 g/mol. The van der Waals surface area contributed by atoms with Crippen LogP contribution in [0.3, 0.4) is 0 Å². The molecule has 20 heavy (non-hydrogen) atoms. The van der Waals surface area contributed by atoms with Gasteiger partial charge in [-0.05, 0) is 31.2 Å². The van der Waals surface area contributed by atoms with E-state index in [1.807, 2.05) is 13.0 Å². The second kappa shape index (κ2) is 6.56. The highest BCUT2D eigenvalue weighted by Crippen LogP contribution is 2.29. The zero-order valence-corrected chi connectivity index (χ0v) is 11.6. The molecule has 0 radical (unpaired) electrons. The highest BCUT2D eigenvalue weighted by atomic mass is 16.6. The molecule has 0 bridgehead atoms. The molecule has 1 aromatic rings. The Morgan fingerprint density at radius 1 is 1.30 bits per heavy atom. The second-order valence-electron chi connectivity index (χ2n) is 5.32. The van der Waals surface area contributed by atoms with E-state index in [9.17, 15) is 15.2 Å². The summed E-state index contributed by atoms with van der Waals surface area (Å²) in [7, 11) is 0. The quantitative estimate of drug-likeness (QED) is 0.527. The van der Waals surface area contributed by atoms with Gasteiger partial charge < -0.3 is 15.7 Å². The van der Waals surface area contributed by atoms with Gasteiger partial charge in [0, 0.05) is 36.6 Å². The van der Waals surface area contributed by atoms with Crippen LogP contribution in [-0.4, -0.2) is 29.2 Å². The number of rotatable bonds is 7. The van der Waals surface area contributed by atoms with Crippen molar-refractivity contribution < 1.29 is 10.0 Å². The molecule has 1 saturated carbocycles. The van der Waals surface area contributed by atoms with Crippen LogP contribution in [0.1, 0.15) is 26.2 Å². The lowest BCUT2D eigenvalue weighted by Crippen LogP contribution is -2.33. The third-order valence-corrected chi connectivity index (χ3v) is 3.51. The SMILES string of the molecule is CCCNc1cc(NCC2CC(O)C2)cc([N+](=O)[O-])c1. The standard InChI is InChI=1S/C14H21N3O3/c1-2-3-15-11-6-12(8-13(7-11)17(19)20)16-9-10-4-14(18)5-10/h6-8,10,14-16,18H,2-5,9H2,1H3. The van der Waals surface area contributed by atoms with Crippen molar-refractivity contribution in [2.45, 2.75) is 32.3 Å². The van der Waals surface area contributed by atoms with Gasteiger partial charge in [0.1, 0.15) is 0 Å². The summed E-state index contributed by atoms with van der Waals surface area (Å²) in [6.07, 6.45) is 2.41. The van der Waals surface area contributed by atoms with Gasteiger partial charge in [0.2, 0.25) is 0 Å². The molecule has 110 valence electrons. The van der Waals surface area contributed by atoms with Gasteiger partial charge in [0.25, 0.3) is 5.69 Å². The Kier molecular flexibility index (Phi) is 4.79. The Morgan fingerprint density at radius 2 is 1.95 bits per heavy atom. The molecule has 0 unspecified atom stereocenters. The van der Waals surface area contributed by atoms with Gasteiger partial charge in [-0.15, -0.1) is 0 Å². The molecule has 0 amide bonds. The summed E-state index contributed by atoms with van der Waals surface area (Å²) >= 11 is 0. The summed E-state index contributed by atoms with van der Waals surface area (Å²) in [6, 6.07) is 4.98. The number of aliphatic hydroxyl groups is 1. The normalized spacial score (nSPS) is 21.1. The first-order chi connectivity index (χ1) is 9.58. The number of nitro benzene ring substituents is 1. The molecule has 2 rings (SSSR count). The van der Waals surface area contributed by atoms with E-state index in [-0.39, 0.29) is 16.7 Å². The van der Waals surface area contributed by atoms with Crippen molar-refractivity contribution in [2.75, 3.05) is 23.7 Å². The summed E-state index contributed by atoms with van der Waals surface area (Å²) in [4.78, 5) is 10.6. The van der Waals surface area contributed by atoms with Crippen LogP contribution < -0.4 is 10.6 Å². The Bertz CT molecular complexity index is 473. The largest absolute Gasteiger partial charge is 0.393 e. The summed E-state index contributed by atoms with van der Waals surface area (Å²) in [5.74, 6) is 0.455. The van der Waals surface area contributed by atoms with E-state index in [1.54, 1.807) is 12.1 Å². The first-order valence-corrected chi connectivity index (χ1v) is 7.03. The van der Waals surface area contributed by atoms with Crippen LogP contribution in [0.4, 0.5) is 17.1 Å². The number of nitrogens with one attached hydrogen (secondary N) is 2. The van der Waals surface area contributed by atoms with Gasteiger partial charge in [-0.2, -0.15) is 0 Å². The fourth-order valence-electron chi connectivity index (χ4n) is 2.32. The number of nitrogens with zero attached hydrogens (tertiary/aromatic N) is 1. The molecule has 6 nitrogen and oxygen atoms in total. The minimum Gasteiger partial charge on any atom is -0.393 e. The fourth-order valence-corrected chi connectivity index (χ4v) is 2.32. The smallest absolute Gasteiger partial charge is 0.273 e. The van der Waals surface area contributed by atoms with Crippen molar-refractivity contribution in [3.8, 4) is 0 Å². The molecule has 0 saturated heterocycles. The number of aliphatic hydroxyl groups excluding tert-OH is 1. The van der Waals surface area contributed by atoms with Gasteiger partial charge in [0.15, 0.2) is 0 Å². The highest BCUT2D eigenvalue weighted by Gasteiger charge is 2.26. The lowest BCUT2D eigenvalue weighted by atomic mass is 9.82. The Balaban J connectivity index is 2.01. The van der Waals surface area contributed by atoms with Crippen LogP contribution in [0.5, 0.6) is 0 Å². The molecule has 0 atom stereocenters. The predicted molar refractivity (Wildman–Crippen MR) is 79.1 cm³/mol. The summed E-state index contributed by atoms with van der Waals surface area (Å²) in [5.41, 5.74) is 1.60. The number of hydrogen-bond donors (Lipinski definition) is 3. The molecule has 1 fully saturated rings. The first-order valence-electron chi connectivity index (χ1n) is 7.03. The minimum absolute atomic E-state index is 0.0854. The third-order valence-electron chi connectivity index (χ3n) is 3.51. The van der Waals surface area contributed by atoms with Crippen molar-refractivity contribution >= 4 is 17.1 Å². The van der Waals surface area contributed by atoms with Crippen LogP contribution >= 0.6 is 0 Å². The lowest BCUT2D eigenvalue weighted by molar-refractivity contribution is -0.384. The fraction of sp³-hybridized carbons (Fsp3) is 0.571. The highest BCUT2D eigenvalue weighted by molar-refractivity contribution is 5.63. The number of non-ortho nitro benzene ring substituents is 1. The third kappa shape index (κ3) is 3.84. The monoisotopic (exact) mass is 279 g/mol. The summed E-state index contributed by atoms with van der Waals surface area (Å²) in [6.45, 7) is 3.58. The van der Waals surface area contributed by atoms with Crippen molar-refractivity contribution in [2.24, 2.45) is 5.92 Å². The van der Waals surface area contributed by atoms with Crippen LogP contribution in [-0.2, 0) is 0 Å². The Morgan fingerprint density at radius 3 is 2.50 bits per heavy atom. The lowest BCUT2D eigenvalue weighted by Gasteiger charge is -2.31. The molecule has 0 spiro atoms. The van der Waals surface area contributed by atoms with E-state index in [0.29, 0.717) is 5.92 Å². The molecule has 3 N–H and O–H groups in total. The van der Waals surface area contributed by atoms with Crippen molar-refractivity contribution in [1.82, 2.24) is 0 Å². The predicted octanol–water partition coefficient (Wildman–Crippen LogP) is 2.60.